The number of aryl methyl sites for hydroxylation is 2. The molecule has 2 nitrogen and oxygen atoms in total. The summed E-state index contributed by atoms with van der Waals surface area (Å²) in [5.41, 5.74) is 13.7. The van der Waals surface area contributed by atoms with Crippen molar-refractivity contribution < 1.29 is 0 Å². The van der Waals surface area contributed by atoms with Gasteiger partial charge in [0, 0.05) is 15.6 Å². The van der Waals surface area contributed by atoms with E-state index in [1.54, 1.807) is 11.8 Å². The molecule has 2 aliphatic carbocycles. The molecule has 0 radical (unpaired) electrons. The predicted molar refractivity (Wildman–Crippen MR) is 123 cm³/mol. The molecule has 0 bridgehead atoms. The number of hydrogen-bond acceptors (Lipinski definition) is 3. The van der Waals surface area contributed by atoms with E-state index in [0.717, 1.165) is 16.6 Å². The van der Waals surface area contributed by atoms with Gasteiger partial charge in [0.15, 0.2) is 0 Å². The van der Waals surface area contributed by atoms with Crippen LogP contribution >= 0.6 is 27.7 Å². The molecule has 27 heavy (non-hydrogen) atoms. The van der Waals surface area contributed by atoms with E-state index in [1.165, 1.54) is 66.1 Å². The molecule has 4 heteroatoms. The van der Waals surface area contributed by atoms with Crippen molar-refractivity contribution >= 4 is 38.8 Å². The molecule has 1 spiro atoms. The van der Waals surface area contributed by atoms with Crippen molar-refractivity contribution in [3.05, 3.63) is 75.3 Å². The van der Waals surface area contributed by atoms with Gasteiger partial charge in [-0.25, -0.2) is 0 Å². The molecular weight excluding hydrogens is 416 g/mol. The number of allylic oxidation sites excluding steroid dienone is 1. The summed E-state index contributed by atoms with van der Waals surface area (Å²) in [6.07, 6.45) is 8.32. The predicted octanol–water partition coefficient (Wildman–Crippen LogP) is 5.87. The quantitative estimate of drug-likeness (QED) is 0.354. The molecule has 0 heterocycles. The lowest BCUT2D eigenvalue weighted by Crippen LogP contribution is -2.21. The van der Waals surface area contributed by atoms with Crippen molar-refractivity contribution in [1.82, 2.24) is 0 Å². The van der Waals surface area contributed by atoms with Gasteiger partial charge in [-0.3, -0.25) is 0 Å². The van der Waals surface area contributed by atoms with Gasteiger partial charge in [-0.2, -0.15) is 0 Å². The lowest BCUT2D eigenvalue weighted by atomic mass is 9.74. The van der Waals surface area contributed by atoms with Crippen LogP contribution in [0.25, 0.3) is 5.57 Å². The van der Waals surface area contributed by atoms with E-state index in [-0.39, 0.29) is 5.41 Å². The first kappa shape index (κ1) is 20.4. The Morgan fingerprint density at radius 2 is 1.74 bits per heavy atom. The van der Waals surface area contributed by atoms with Crippen LogP contribution in [0.5, 0.6) is 0 Å². The fourth-order valence-electron chi connectivity index (χ4n) is 4.57. The highest BCUT2D eigenvalue weighted by atomic mass is 79.9. The van der Waals surface area contributed by atoms with Crippen LogP contribution in [0.15, 0.2) is 53.0 Å². The van der Waals surface area contributed by atoms with Gasteiger partial charge in [0.1, 0.15) is 0 Å². The van der Waals surface area contributed by atoms with Crippen LogP contribution in [0.2, 0.25) is 0 Å². The van der Waals surface area contributed by atoms with Gasteiger partial charge in [0.05, 0.1) is 5.55 Å². The normalized spacial score (nSPS) is 18.3. The molecule has 2 aliphatic rings. The highest BCUT2D eigenvalue weighted by molar-refractivity contribution is 9.10. The zero-order valence-corrected chi connectivity index (χ0v) is 18.2. The van der Waals surface area contributed by atoms with Crippen LogP contribution in [0.1, 0.15) is 35.1 Å². The van der Waals surface area contributed by atoms with Gasteiger partial charge in [-0.15, -0.1) is 11.8 Å². The molecule has 0 atom stereocenters. The van der Waals surface area contributed by atoms with Gasteiger partial charge in [0.25, 0.3) is 0 Å². The number of benzene rings is 2. The van der Waals surface area contributed by atoms with Crippen LogP contribution < -0.4 is 5.73 Å². The Morgan fingerprint density at radius 3 is 2.37 bits per heavy atom. The fraction of sp³-hybridized carbons (Fsp3) is 0.348. The van der Waals surface area contributed by atoms with E-state index in [9.17, 15) is 0 Å². The first-order valence-corrected chi connectivity index (χ1v) is 11.3. The van der Waals surface area contributed by atoms with Crippen molar-refractivity contribution in [2.75, 3.05) is 12.8 Å². The zero-order chi connectivity index (χ0) is 19.3. The van der Waals surface area contributed by atoms with Crippen molar-refractivity contribution in [2.24, 2.45) is 11.1 Å². The second-order valence-electron chi connectivity index (χ2n) is 7.10. The maximum atomic E-state index is 7.32. The summed E-state index contributed by atoms with van der Waals surface area (Å²) < 4.78 is 1.16. The average Bonchev–Trinajstić information content (AvgIpc) is 2.87. The first-order valence-electron chi connectivity index (χ1n) is 9.46. The maximum absolute atomic E-state index is 7.32. The van der Waals surface area contributed by atoms with E-state index >= 15 is 0 Å². The first-order chi connectivity index (χ1) is 13.2. The monoisotopic (exact) mass is 442 g/mol. The Morgan fingerprint density at radius 1 is 1.07 bits per heavy atom. The lowest BCUT2D eigenvalue weighted by Gasteiger charge is -2.30. The van der Waals surface area contributed by atoms with Gasteiger partial charge in [0.2, 0.25) is 0 Å². The summed E-state index contributed by atoms with van der Waals surface area (Å²) in [6, 6.07) is 15.7. The molecule has 4 rings (SSSR count). The second-order valence-corrected chi connectivity index (χ2v) is 8.91. The van der Waals surface area contributed by atoms with Crippen LogP contribution in [0.4, 0.5) is 0 Å². The molecule has 0 amide bonds. The number of halogens is 1. The maximum Gasteiger partial charge on any atom is 0.0509 e. The Hall–Kier alpha value is -1.36. The molecule has 0 fully saturated rings. The Balaban J connectivity index is 0.00000102. The summed E-state index contributed by atoms with van der Waals surface area (Å²) in [7, 11) is 1.50. The fourth-order valence-corrected chi connectivity index (χ4v) is 5.29. The van der Waals surface area contributed by atoms with E-state index in [1.807, 2.05) is 0 Å². The molecule has 0 unspecified atom stereocenters. The molecule has 3 N–H and O–H groups in total. The molecule has 142 valence electrons. The Kier molecular flexibility index (Phi) is 6.96. The van der Waals surface area contributed by atoms with Crippen molar-refractivity contribution in [3.63, 3.8) is 0 Å². The van der Waals surface area contributed by atoms with Gasteiger partial charge < -0.3 is 11.1 Å². The standard InChI is InChI=1S/C22H22BrNS.CH5N/c23-19-6-5-18-14-22(21(20(18)13-19)9-12-25-15-24)10-7-16-3-1-2-4-17(16)8-11-22;1-2/h1-6,9,13,15,24H,7-8,10-12,14H2;2H2,1H3/b21-9-,24-15?;. The summed E-state index contributed by atoms with van der Waals surface area (Å²) in [5.74, 6) is 0.888. The van der Waals surface area contributed by atoms with E-state index in [4.69, 9.17) is 5.41 Å². The summed E-state index contributed by atoms with van der Waals surface area (Å²) in [6.45, 7) is 0. The van der Waals surface area contributed by atoms with Crippen LogP contribution in [0, 0.1) is 10.8 Å². The smallest absolute Gasteiger partial charge is 0.0509 e. The number of hydrogen-bond donors (Lipinski definition) is 2. The molecule has 0 saturated carbocycles. The van der Waals surface area contributed by atoms with Crippen molar-refractivity contribution in [2.45, 2.75) is 32.1 Å². The molecule has 0 saturated heterocycles. The minimum atomic E-state index is 0.255. The van der Waals surface area contributed by atoms with Crippen molar-refractivity contribution in [3.8, 4) is 0 Å². The third-order valence-corrected chi connectivity index (χ3v) is 6.81. The van der Waals surface area contributed by atoms with E-state index in [2.05, 4.69) is 70.2 Å². The van der Waals surface area contributed by atoms with E-state index in [0.29, 0.717) is 0 Å². The summed E-state index contributed by atoms with van der Waals surface area (Å²) in [4.78, 5) is 0. The number of nitrogens with one attached hydrogen (secondary N) is 1. The molecular formula is C23H27BrN2S. The average molecular weight is 443 g/mol. The summed E-state index contributed by atoms with van der Waals surface area (Å²) >= 11 is 5.22. The van der Waals surface area contributed by atoms with E-state index < -0.39 is 0 Å². The molecule has 0 aliphatic heterocycles. The second kappa shape index (κ2) is 9.22. The van der Waals surface area contributed by atoms with Crippen LogP contribution in [-0.2, 0) is 19.3 Å². The Bertz CT molecular complexity index is 817. The highest BCUT2D eigenvalue weighted by Gasteiger charge is 2.42. The minimum Gasteiger partial charge on any atom is -0.333 e. The SMILES string of the molecule is CN.N=CSC/C=C1/c2cc(Br)ccc2CC12CCc1ccccc1CC2. The number of rotatable bonds is 3. The lowest BCUT2D eigenvalue weighted by molar-refractivity contribution is 0.360. The number of fused-ring (bicyclic) bond motifs is 2. The molecule has 2 aromatic rings. The topological polar surface area (TPSA) is 49.9 Å². The zero-order valence-electron chi connectivity index (χ0n) is 15.8. The highest BCUT2D eigenvalue weighted by Crippen LogP contribution is 2.54. The summed E-state index contributed by atoms with van der Waals surface area (Å²) in [5, 5.41) is 7.32. The largest absolute Gasteiger partial charge is 0.333 e. The third kappa shape index (κ3) is 4.23. The number of nitrogens with two attached hydrogens (primary N) is 1. The van der Waals surface area contributed by atoms with Crippen LogP contribution in [-0.4, -0.2) is 18.3 Å². The van der Waals surface area contributed by atoms with Gasteiger partial charge in [-0.1, -0.05) is 52.3 Å². The Labute approximate surface area is 175 Å². The number of thioether (sulfide) groups is 1. The molecule has 2 aromatic carbocycles. The van der Waals surface area contributed by atoms with Gasteiger partial charge >= 0.3 is 0 Å². The van der Waals surface area contributed by atoms with Crippen molar-refractivity contribution in [1.29, 1.82) is 5.41 Å². The molecule has 0 aromatic heterocycles. The minimum absolute atomic E-state index is 0.255. The van der Waals surface area contributed by atoms with Crippen LogP contribution in [0.3, 0.4) is 0 Å². The van der Waals surface area contributed by atoms with Gasteiger partial charge in [-0.05, 0) is 79.1 Å². The third-order valence-electron chi connectivity index (χ3n) is 5.79.